The van der Waals surface area contributed by atoms with Crippen LogP contribution in [-0.4, -0.2) is 53.7 Å². The van der Waals surface area contributed by atoms with Gasteiger partial charge in [0.15, 0.2) is 5.72 Å². The van der Waals surface area contributed by atoms with Gasteiger partial charge in [0.05, 0.1) is 27.7 Å². The number of aliphatic hydroxyl groups excluding tert-OH is 2. The Morgan fingerprint density at radius 1 is 1.15 bits per heavy atom. The van der Waals surface area contributed by atoms with E-state index in [1.54, 1.807) is 6.20 Å². The summed E-state index contributed by atoms with van der Waals surface area (Å²) < 4.78 is 6.99. The lowest BCUT2D eigenvalue weighted by Gasteiger charge is -2.31. The number of hydrogen-bond acceptors (Lipinski definition) is 11. The fraction of sp³-hybridized carbons (Fsp3) is 0.357. The first kappa shape index (κ1) is 25.6. The number of pyridine rings is 1. The number of aromatic nitrogens is 4. The lowest BCUT2D eigenvalue weighted by atomic mass is 10.0. The molecule has 0 saturated heterocycles. The number of thiazole rings is 1. The van der Waals surface area contributed by atoms with Crippen LogP contribution in [0, 0.1) is 19.8 Å². The molecule has 1 aliphatic rings. The van der Waals surface area contributed by atoms with Crippen molar-refractivity contribution >= 4 is 44.3 Å². The molecule has 10 nitrogen and oxygen atoms in total. The Labute approximate surface area is 228 Å². The summed E-state index contributed by atoms with van der Waals surface area (Å²) in [5.74, 6) is 0.976. The van der Waals surface area contributed by atoms with Crippen LogP contribution in [-0.2, 0) is 0 Å². The molecule has 0 radical (unpaired) electrons. The summed E-state index contributed by atoms with van der Waals surface area (Å²) in [6, 6.07) is 11.5. The predicted molar refractivity (Wildman–Crippen MR) is 151 cm³/mol. The summed E-state index contributed by atoms with van der Waals surface area (Å²) in [6.07, 6.45) is 1.31. The number of para-hydroxylation sites is 1. The van der Waals surface area contributed by atoms with Crippen LogP contribution in [0.1, 0.15) is 43.0 Å². The number of rotatable bonds is 7. The van der Waals surface area contributed by atoms with Crippen LogP contribution in [0.4, 0.5) is 11.8 Å². The molecule has 0 bridgehead atoms. The van der Waals surface area contributed by atoms with Crippen LogP contribution in [0.2, 0.25) is 0 Å². The van der Waals surface area contributed by atoms with Crippen LogP contribution in [0.3, 0.4) is 0 Å². The summed E-state index contributed by atoms with van der Waals surface area (Å²) >= 11 is 1.48. The minimum Gasteiger partial charge on any atom is -0.459 e. The molecule has 0 spiro atoms. The predicted octanol–water partition coefficient (Wildman–Crippen LogP) is 4.55. The number of nitrogens with zero attached hydrogens (tertiary/aromatic N) is 4. The fourth-order valence-corrected chi connectivity index (χ4v) is 6.30. The molecule has 202 valence electrons. The molecule has 1 saturated carbocycles. The fourth-order valence-electron chi connectivity index (χ4n) is 5.19. The number of benzene rings is 1. The van der Waals surface area contributed by atoms with Crippen LogP contribution >= 0.6 is 11.3 Å². The van der Waals surface area contributed by atoms with Crippen molar-refractivity contribution in [2.45, 2.75) is 51.5 Å². The monoisotopic (exact) mass is 546 g/mol. The molecule has 4 atom stereocenters. The van der Waals surface area contributed by atoms with E-state index in [1.165, 1.54) is 11.3 Å². The highest BCUT2D eigenvalue weighted by molar-refractivity contribution is 7.21. The van der Waals surface area contributed by atoms with Gasteiger partial charge in [-0.05, 0) is 51.8 Å². The quantitative estimate of drug-likeness (QED) is 0.184. The maximum Gasteiger partial charge on any atom is 0.225 e. The minimum atomic E-state index is -1.67. The molecule has 11 heteroatoms. The Balaban J connectivity index is 1.41. The summed E-state index contributed by atoms with van der Waals surface area (Å²) in [6.45, 7) is 5.52. The molecule has 4 aromatic heterocycles. The number of furan rings is 1. The van der Waals surface area contributed by atoms with Gasteiger partial charge < -0.3 is 30.4 Å². The maximum atomic E-state index is 11.4. The summed E-state index contributed by atoms with van der Waals surface area (Å²) in [5.41, 5.74) is 2.02. The molecule has 4 unspecified atom stereocenters. The van der Waals surface area contributed by atoms with E-state index in [4.69, 9.17) is 19.4 Å². The molecular formula is C28H30N6O4S. The normalized spacial score (nSPS) is 22.0. The molecule has 1 aromatic carbocycles. The van der Waals surface area contributed by atoms with E-state index >= 15 is 0 Å². The number of aliphatic hydroxyl groups is 3. The highest BCUT2D eigenvalue weighted by Crippen LogP contribution is 2.41. The average Bonchev–Trinajstić information content (AvgIpc) is 3.60. The van der Waals surface area contributed by atoms with Crippen molar-refractivity contribution in [3.63, 3.8) is 0 Å². The SMILES string of the molecule is Cc1nc(NC(C)c2cc3ccccc3o2)nc(NC2(O)CCC(CO)C2O)c1-c1nc2c(C)nccc2s1. The number of fused-ring (bicyclic) bond motifs is 2. The molecule has 5 N–H and O–H groups in total. The highest BCUT2D eigenvalue weighted by Gasteiger charge is 2.47. The first-order valence-corrected chi connectivity index (χ1v) is 13.7. The molecule has 6 rings (SSSR count). The topological polar surface area (TPSA) is 149 Å². The van der Waals surface area contributed by atoms with Gasteiger partial charge in [0.1, 0.15) is 33.8 Å². The first-order valence-electron chi connectivity index (χ1n) is 12.9. The second-order valence-corrected chi connectivity index (χ2v) is 11.2. The standard InChI is InChI=1S/C28H30N6O4S/c1-14(20-12-17-6-4-5-7-19(17)38-20)30-27-31-15(2)22(26-32-23-16(3)29-11-9-21(23)39-26)25(33-27)34-28(37)10-8-18(13-35)24(28)36/h4-7,9,11-12,14,18,24,35-37H,8,10,13H2,1-3H3,(H2,30,31,33,34). The smallest absolute Gasteiger partial charge is 0.225 e. The summed E-state index contributed by atoms with van der Waals surface area (Å²) in [7, 11) is 0. The Hall–Kier alpha value is -3.64. The molecule has 1 fully saturated rings. The molecule has 1 aliphatic carbocycles. The second-order valence-electron chi connectivity index (χ2n) is 10.1. The molecular weight excluding hydrogens is 516 g/mol. The molecule has 39 heavy (non-hydrogen) atoms. The zero-order chi connectivity index (χ0) is 27.3. The van der Waals surface area contributed by atoms with E-state index in [-0.39, 0.29) is 19.1 Å². The number of nitrogens with one attached hydrogen (secondary N) is 2. The van der Waals surface area contributed by atoms with Crippen LogP contribution in [0.15, 0.2) is 47.0 Å². The Kier molecular flexibility index (Phi) is 6.46. The summed E-state index contributed by atoms with van der Waals surface area (Å²) in [5, 5.41) is 40.0. The van der Waals surface area contributed by atoms with Crippen LogP contribution in [0.5, 0.6) is 0 Å². The van der Waals surface area contributed by atoms with Gasteiger partial charge >= 0.3 is 0 Å². The lowest BCUT2D eigenvalue weighted by molar-refractivity contribution is -0.0545. The van der Waals surface area contributed by atoms with Gasteiger partial charge in [0, 0.05) is 24.1 Å². The average molecular weight is 547 g/mol. The molecule has 4 heterocycles. The van der Waals surface area contributed by atoms with E-state index in [1.807, 2.05) is 57.2 Å². The van der Waals surface area contributed by atoms with Crippen molar-refractivity contribution in [3.05, 3.63) is 59.7 Å². The van der Waals surface area contributed by atoms with Crippen molar-refractivity contribution in [1.82, 2.24) is 19.9 Å². The molecule has 0 amide bonds. The third kappa shape index (κ3) is 4.61. The zero-order valence-corrected chi connectivity index (χ0v) is 22.7. The van der Waals surface area contributed by atoms with Gasteiger partial charge in [-0.25, -0.2) is 9.97 Å². The van der Waals surface area contributed by atoms with Crippen LogP contribution in [0.25, 0.3) is 31.8 Å². The summed E-state index contributed by atoms with van der Waals surface area (Å²) in [4.78, 5) is 18.7. The van der Waals surface area contributed by atoms with E-state index in [2.05, 4.69) is 15.6 Å². The van der Waals surface area contributed by atoms with Crippen molar-refractivity contribution in [2.24, 2.45) is 5.92 Å². The van der Waals surface area contributed by atoms with Crippen LogP contribution < -0.4 is 10.6 Å². The third-order valence-electron chi connectivity index (χ3n) is 7.41. The Bertz CT molecular complexity index is 1640. The zero-order valence-electron chi connectivity index (χ0n) is 21.8. The number of aryl methyl sites for hydroxylation is 2. The van der Waals surface area contributed by atoms with Gasteiger partial charge in [-0.3, -0.25) is 4.98 Å². The van der Waals surface area contributed by atoms with E-state index in [9.17, 15) is 15.3 Å². The molecule has 0 aliphatic heterocycles. The van der Waals surface area contributed by atoms with Gasteiger partial charge in [0.25, 0.3) is 0 Å². The van der Waals surface area contributed by atoms with Crippen molar-refractivity contribution in [2.75, 3.05) is 17.2 Å². The maximum absolute atomic E-state index is 11.4. The third-order valence-corrected chi connectivity index (χ3v) is 8.45. The highest BCUT2D eigenvalue weighted by atomic mass is 32.1. The second kappa shape index (κ2) is 9.83. The Morgan fingerprint density at radius 2 is 1.97 bits per heavy atom. The van der Waals surface area contributed by atoms with Crippen molar-refractivity contribution < 1.29 is 19.7 Å². The van der Waals surface area contributed by atoms with E-state index < -0.39 is 17.7 Å². The minimum absolute atomic E-state index is 0.215. The Morgan fingerprint density at radius 3 is 2.72 bits per heavy atom. The van der Waals surface area contributed by atoms with E-state index in [0.717, 1.165) is 32.6 Å². The largest absolute Gasteiger partial charge is 0.459 e. The molecule has 5 aromatic rings. The van der Waals surface area contributed by atoms with Gasteiger partial charge in [-0.2, -0.15) is 4.98 Å². The van der Waals surface area contributed by atoms with Gasteiger partial charge in [-0.1, -0.05) is 18.2 Å². The van der Waals surface area contributed by atoms with Crippen molar-refractivity contribution in [3.8, 4) is 10.6 Å². The first-order chi connectivity index (χ1) is 18.8. The van der Waals surface area contributed by atoms with E-state index in [0.29, 0.717) is 34.5 Å². The number of anilines is 2. The van der Waals surface area contributed by atoms with Crippen molar-refractivity contribution in [1.29, 1.82) is 0 Å². The number of hydrogen-bond donors (Lipinski definition) is 5. The van der Waals surface area contributed by atoms with Gasteiger partial charge in [-0.15, -0.1) is 11.3 Å². The lowest BCUT2D eigenvalue weighted by Crippen LogP contribution is -2.48. The van der Waals surface area contributed by atoms with Gasteiger partial charge in [0.2, 0.25) is 5.95 Å².